The van der Waals surface area contributed by atoms with E-state index in [2.05, 4.69) is 0 Å². The second kappa shape index (κ2) is 9.96. The average molecular weight is 573 g/mol. The minimum Gasteiger partial charge on any atom is -0.481 e. The average Bonchev–Trinajstić information content (AvgIpc) is 3.07. The Labute approximate surface area is 241 Å². The molecule has 0 saturated heterocycles. The molecular formula is C32H44O9. The van der Waals surface area contributed by atoms with Crippen LogP contribution in [-0.4, -0.2) is 57.5 Å². The molecule has 0 bridgehead atoms. The molecule has 226 valence electrons. The Morgan fingerprint density at radius 3 is 2.15 bits per heavy atom. The third kappa shape index (κ3) is 4.28. The van der Waals surface area contributed by atoms with Crippen molar-refractivity contribution in [3.05, 3.63) is 11.1 Å². The first-order chi connectivity index (χ1) is 18.8. The lowest BCUT2D eigenvalue weighted by Crippen LogP contribution is -2.64. The highest BCUT2D eigenvalue weighted by molar-refractivity contribution is 6.17. The summed E-state index contributed by atoms with van der Waals surface area (Å²) in [6.45, 7) is 13.8. The number of carboxylic acid groups (broad SMARTS) is 1. The summed E-state index contributed by atoms with van der Waals surface area (Å²) >= 11 is 0. The van der Waals surface area contributed by atoms with Gasteiger partial charge in [-0.25, -0.2) is 0 Å². The number of carbonyl (C=O) groups is 6. The number of allylic oxidation sites excluding steroid dienone is 1. The number of aliphatic carboxylic acids is 1. The molecule has 9 nitrogen and oxygen atoms in total. The lowest BCUT2D eigenvalue weighted by Gasteiger charge is -2.61. The molecule has 0 aromatic heterocycles. The molecule has 41 heavy (non-hydrogen) atoms. The number of carbonyl (C=O) groups excluding carboxylic acids is 5. The van der Waals surface area contributed by atoms with Gasteiger partial charge in [-0.1, -0.05) is 41.5 Å². The first kappa shape index (κ1) is 31.3. The number of fused-ring (bicyclic) bond motifs is 4. The van der Waals surface area contributed by atoms with Gasteiger partial charge in [-0.2, -0.15) is 0 Å². The van der Waals surface area contributed by atoms with Gasteiger partial charge >= 0.3 is 11.9 Å². The normalized spacial score (nSPS) is 39.4. The van der Waals surface area contributed by atoms with E-state index in [4.69, 9.17) is 4.74 Å². The minimum absolute atomic E-state index is 0.00446. The zero-order valence-electron chi connectivity index (χ0n) is 25.5. The maximum Gasteiger partial charge on any atom is 0.306 e. The summed E-state index contributed by atoms with van der Waals surface area (Å²) in [5, 5.41) is 21.0. The lowest BCUT2D eigenvalue weighted by atomic mass is 9.42. The minimum atomic E-state index is -1.56. The van der Waals surface area contributed by atoms with Gasteiger partial charge in [-0.05, 0) is 37.5 Å². The predicted octanol–water partition coefficient (Wildman–Crippen LogP) is 3.88. The van der Waals surface area contributed by atoms with E-state index in [-0.39, 0.29) is 60.1 Å². The topological polar surface area (TPSA) is 152 Å². The van der Waals surface area contributed by atoms with Crippen LogP contribution >= 0.6 is 0 Å². The number of hydrogen-bond acceptors (Lipinski definition) is 8. The molecule has 2 fully saturated rings. The molecular weight excluding hydrogens is 528 g/mol. The summed E-state index contributed by atoms with van der Waals surface area (Å²) < 4.78 is 5.64. The molecule has 4 rings (SSSR count). The predicted molar refractivity (Wildman–Crippen MR) is 147 cm³/mol. The number of ketones is 4. The van der Waals surface area contributed by atoms with Crippen LogP contribution in [0.2, 0.25) is 0 Å². The molecule has 0 aliphatic heterocycles. The molecule has 0 spiro atoms. The van der Waals surface area contributed by atoms with Crippen molar-refractivity contribution < 1.29 is 43.7 Å². The smallest absolute Gasteiger partial charge is 0.306 e. The maximum atomic E-state index is 14.3. The number of hydrogen-bond donors (Lipinski definition) is 2. The van der Waals surface area contributed by atoms with Crippen molar-refractivity contribution in [3.8, 4) is 0 Å². The van der Waals surface area contributed by atoms with Gasteiger partial charge in [0.2, 0.25) is 0 Å². The molecule has 0 radical (unpaired) electrons. The Bertz CT molecular complexity index is 1260. The third-order valence-electron chi connectivity index (χ3n) is 11.8. The quantitative estimate of drug-likeness (QED) is 0.433. The van der Waals surface area contributed by atoms with Gasteiger partial charge in [0.1, 0.15) is 23.8 Å². The summed E-state index contributed by atoms with van der Waals surface area (Å²) in [7, 11) is 0. The van der Waals surface area contributed by atoms with E-state index in [1.165, 1.54) is 13.8 Å². The fourth-order valence-corrected chi connectivity index (χ4v) is 9.25. The van der Waals surface area contributed by atoms with Crippen molar-refractivity contribution in [2.24, 2.45) is 45.3 Å². The molecule has 4 aliphatic carbocycles. The highest BCUT2D eigenvalue weighted by Gasteiger charge is 2.73. The molecule has 0 aromatic rings. The molecule has 4 aliphatic rings. The Hall–Kier alpha value is -2.68. The molecule has 2 N–H and O–H groups in total. The third-order valence-corrected chi connectivity index (χ3v) is 11.8. The van der Waals surface area contributed by atoms with Crippen LogP contribution in [0, 0.1) is 45.3 Å². The molecule has 0 heterocycles. The first-order valence-corrected chi connectivity index (χ1v) is 14.7. The summed E-state index contributed by atoms with van der Waals surface area (Å²) in [4.78, 5) is 78.2. The van der Waals surface area contributed by atoms with E-state index >= 15 is 0 Å². The van der Waals surface area contributed by atoms with E-state index in [0.717, 1.165) is 0 Å². The van der Waals surface area contributed by atoms with Crippen LogP contribution in [-0.2, 0) is 33.5 Å². The monoisotopic (exact) mass is 572 g/mol. The number of esters is 1. The molecule has 9 heteroatoms. The van der Waals surface area contributed by atoms with Crippen molar-refractivity contribution in [3.63, 3.8) is 0 Å². The van der Waals surface area contributed by atoms with Gasteiger partial charge < -0.3 is 14.9 Å². The Morgan fingerprint density at radius 2 is 1.59 bits per heavy atom. The van der Waals surface area contributed by atoms with Gasteiger partial charge in [-0.15, -0.1) is 0 Å². The molecule has 1 unspecified atom stereocenters. The van der Waals surface area contributed by atoms with Crippen molar-refractivity contribution >= 4 is 35.1 Å². The second-order valence-corrected chi connectivity index (χ2v) is 14.4. The van der Waals surface area contributed by atoms with E-state index in [1.54, 1.807) is 20.8 Å². The first-order valence-electron chi connectivity index (χ1n) is 14.7. The Kier molecular flexibility index (Phi) is 7.59. The van der Waals surface area contributed by atoms with Crippen molar-refractivity contribution in [2.45, 2.75) is 106 Å². The number of aliphatic hydroxyl groups is 1. The maximum absolute atomic E-state index is 14.3. The van der Waals surface area contributed by atoms with Gasteiger partial charge in [0.25, 0.3) is 0 Å². The second-order valence-electron chi connectivity index (χ2n) is 14.4. The Morgan fingerprint density at radius 1 is 0.976 bits per heavy atom. The van der Waals surface area contributed by atoms with E-state index in [1.807, 2.05) is 20.8 Å². The van der Waals surface area contributed by atoms with Gasteiger partial charge in [0, 0.05) is 60.0 Å². The lowest BCUT2D eigenvalue weighted by molar-refractivity contribution is -0.172. The summed E-state index contributed by atoms with van der Waals surface area (Å²) in [6.07, 6.45) is -1.10. The highest BCUT2D eigenvalue weighted by atomic mass is 16.5. The number of carboxylic acids is 1. The fourth-order valence-electron chi connectivity index (χ4n) is 9.25. The van der Waals surface area contributed by atoms with Crippen molar-refractivity contribution in [1.29, 1.82) is 0 Å². The van der Waals surface area contributed by atoms with Gasteiger partial charge in [0.15, 0.2) is 11.6 Å². The van der Waals surface area contributed by atoms with Crippen LogP contribution in [0.1, 0.15) is 93.9 Å². The largest absolute Gasteiger partial charge is 0.481 e. The van der Waals surface area contributed by atoms with Gasteiger partial charge in [-0.3, -0.25) is 28.8 Å². The number of ether oxygens (including phenoxy) is 1. The Balaban J connectivity index is 1.78. The standard InChI is InChI=1S/C32H44O9/c1-15(11-18(34)12-16(2)28(39)40)19-13-22(36)32(8)24-20(35)14-21-29(4,5)23(41-17(3)33)9-10-30(21,6)25(24)26(37)27(38)31(19,32)7/h15-16,19,21,23,27,38H,9-14H2,1-8H3,(H,39,40)/t15-,16?,19-,21+,23+,27-,30+,31+,32+/m1/s1. The van der Waals surface area contributed by atoms with E-state index in [0.29, 0.717) is 12.8 Å². The molecule has 2 saturated carbocycles. The zero-order valence-corrected chi connectivity index (χ0v) is 25.5. The number of rotatable bonds is 7. The summed E-state index contributed by atoms with van der Waals surface area (Å²) in [5.74, 6) is -4.98. The molecule has 0 aromatic carbocycles. The van der Waals surface area contributed by atoms with E-state index in [9.17, 15) is 39.0 Å². The van der Waals surface area contributed by atoms with Crippen LogP contribution < -0.4 is 0 Å². The summed E-state index contributed by atoms with van der Waals surface area (Å²) in [5.41, 5.74) is -3.73. The highest BCUT2D eigenvalue weighted by Crippen LogP contribution is 2.70. The van der Waals surface area contributed by atoms with Crippen LogP contribution in [0.4, 0.5) is 0 Å². The summed E-state index contributed by atoms with van der Waals surface area (Å²) in [6, 6.07) is 0. The molecule has 0 amide bonds. The van der Waals surface area contributed by atoms with E-state index < -0.39 is 69.3 Å². The number of Topliss-reactive ketones (excluding diaryl/α,β-unsaturated/α-hetero) is 4. The fraction of sp³-hybridized carbons (Fsp3) is 0.750. The van der Waals surface area contributed by atoms with Crippen LogP contribution in [0.25, 0.3) is 0 Å². The molecule has 9 atom stereocenters. The van der Waals surface area contributed by atoms with Crippen LogP contribution in [0.5, 0.6) is 0 Å². The van der Waals surface area contributed by atoms with Gasteiger partial charge in [0.05, 0.1) is 11.3 Å². The van der Waals surface area contributed by atoms with Crippen molar-refractivity contribution in [1.82, 2.24) is 0 Å². The van der Waals surface area contributed by atoms with Crippen LogP contribution in [0.3, 0.4) is 0 Å². The zero-order chi connectivity index (χ0) is 31.0. The SMILES string of the molecule is CC(=O)O[C@H]1CC[C@]2(C)C3=C(C(=O)C[C@H]2C1(C)C)[C@]1(C)C(=O)C[C@H]([C@H](C)CC(=O)CC(C)C(=O)O)[C@@]1(C)[C@H](O)C3=O. The van der Waals surface area contributed by atoms with Crippen LogP contribution in [0.15, 0.2) is 11.1 Å². The van der Waals surface area contributed by atoms with Crippen molar-refractivity contribution in [2.75, 3.05) is 0 Å². The number of aliphatic hydroxyl groups excluding tert-OH is 1.